The molecule has 1 aliphatic rings. The van der Waals surface area contributed by atoms with E-state index in [1.54, 1.807) is 4.90 Å². The lowest BCUT2D eigenvalue weighted by atomic mass is 9.94. The van der Waals surface area contributed by atoms with Gasteiger partial charge in [0.1, 0.15) is 6.04 Å². The lowest BCUT2D eigenvalue weighted by molar-refractivity contribution is -0.141. The van der Waals surface area contributed by atoms with Crippen LogP contribution in [0.3, 0.4) is 0 Å². The molecule has 0 spiro atoms. The van der Waals surface area contributed by atoms with Gasteiger partial charge in [-0.2, -0.15) is 0 Å². The molecule has 4 nitrogen and oxygen atoms in total. The molecule has 1 unspecified atom stereocenters. The molecule has 1 aliphatic carbocycles. The molecule has 1 fully saturated rings. The van der Waals surface area contributed by atoms with Crippen LogP contribution in [-0.2, 0) is 29.0 Å². The monoisotopic (exact) mass is 516 g/mol. The molecule has 3 aromatic rings. The Morgan fingerprint density at radius 1 is 0.919 bits per heavy atom. The molecule has 0 bridgehead atoms. The molecule has 1 atom stereocenters. The Morgan fingerprint density at radius 2 is 1.65 bits per heavy atom. The molecule has 4 rings (SSSR count). The Bertz CT molecular complexity index is 1200. The number of amides is 2. The number of carbonyl (C=O) groups excluding carboxylic acids is 2. The third-order valence-electron chi connectivity index (χ3n) is 7.31. The van der Waals surface area contributed by atoms with Crippen LogP contribution in [0.15, 0.2) is 72.8 Å². The number of nitrogens with zero attached hydrogens (tertiary/aromatic N) is 1. The molecule has 3 aromatic carbocycles. The van der Waals surface area contributed by atoms with Gasteiger partial charge in [-0.3, -0.25) is 9.59 Å². The Balaban J connectivity index is 1.68. The topological polar surface area (TPSA) is 49.4 Å². The van der Waals surface area contributed by atoms with Crippen LogP contribution in [0.25, 0.3) is 0 Å². The second-order valence-corrected chi connectivity index (χ2v) is 10.7. The highest BCUT2D eigenvalue weighted by Crippen LogP contribution is 2.22. The zero-order valence-corrected chi connectivity index (χ0v) is 22.6. The van der Waals surface area contributed by atoms with E-state index in [-0.39, 0.29) is 24.3 Å². The molecule has 0 radical (unpaired) electrons. The van der Waals surface area contributed by atoms with Crippen molar-refractivity contribution in [3.63, 3.8) is 0 Å². The number of hydrogen-bond donors (Lipinski definition) is 1. The van der Waals surface area contributed by atoms with Crippen LogP contribution >= 0.6 is 11.6 Å². The van der Waals surface area contributed by atoms with Gasteiger partial charge in [0.05, 0.1) is 6.42 Å². The second kappa shape index (κ2) is 12.9. The molecule has 194 valence electrons. The van der Waals surface area contributed by atoms with Crippen molar-refractivity contribution < 1.29 is 9.59 Å². The fraction of sp³-hybridized carbons (Fsp3) is 0.375. The standard InChI is InChI=1S/C32H37ClN2O2/c1-23-16-17-24(2)27(18-23)21-31(36)35(22-26-12-9-13-28(33)19-26)30(20-25-10-5-3-6-11-25)32(37)34-29-14-7-4-8-15-29/h3,5-6,9-13,16-19,29-30H,4,7-8,14-15,20-22H2,1-2H3,(H,34,37). The van der Waals surface area contributed by atoms with Crippen LogP contribution < -0.4 is 5.32 Å². The highest BCUT2D eigenvalue weighted by molar-refractivity contribution is 6.30. The van der Waals surface area contributed by atoms with Crippen LogP contribution in [0.5, 0.6) is 0 Å². The summed E-state index contributed by atoms with van der Waals surface area (Å²) >= 11 is 6.29. The van der Waals surface area contributed by atoms with Crippen LogP contribution in [0.4, 0.5) is 0 Å². The first-order valence-corrected chi connectivity index (χ1v) is 13.7. The van der Waals surface area contributed by atoms with Gasteiger partial charge in [0.25, 0.3) is 0 Å². The molecule has 0 aliphatic heterocycles. The molecule has 0 aromatic heterocycles. The summed E-state index contributed by atoms with van der Waals surface area (Å²) in [5, 5.41) is 3.91. The van der Waals surface area contributed by atoms with Gasteiger partial charge in [0, 0.05) is 24.0 Å². The minimum absolute atomic E-state index is 0.0617. The van der Waals surface area contributed by atoms with Gasteiger partial charge in [0.15, 0.2) is 0 Å². The van der Waals surface area contributed by atoms with E-state index in [1.807, 2.05) is 68.4 Å². The summed E-state index contributed by atoms with van der Waals surface area (Å²) in [5.74, 6) is -0.138. The van der Waals surface area contributed by atoms with Gasteiger partial charge >= 0.3 is 0 Å². The summed E-state index contributed by atoms with van der Waals surface area (Å²) in [6.45, 7) is 4.38. The molecule has 0 heterocycles. The van der Waals surface area contributed by atoms with Crippen molar-refractivity contribution in [1.29, 1.82) is 0 Å². The van der Waals surface area contributed by atoms with Crippen molar-refractivity contribution in [3.8, 4) is 0 Å². The molecular weight excluding hydrogens is 480 g/mol. The average Bonchev–Trinajstić information content (AvgIpc) is 2.89. The smallest absolute Gasteiger partial charge is 0.243 e. The van der Waals surface area contributed by atoms with Gasteiger partial charge in [-0.25, -0.2) is 0 Å². The van der Waals surface area contributed by atoms with Crippen LogP contribution in [0.2, 0.25) is 5.02 Å². The first-order valence-electron chi connectivity index (χ1n) is 13.3. The maximum atomic E-state index is 14.0. The van der Waals surface area contributed by atoms with Gasteiger partial charge in [-0.05, 0) is 61.1 Å². The third kappa shape index (κ3) is 7.69. The minimum Gasteiger partial charge on any atom is -0.352 e. The first-order chi connectivity index (χ1) is 17.9. The molecular formula is C32H37ClN2O2. The van der Waals surface area contributed by atoms with Crippen LogP contribution in [-0.4, -0.2) is 28.8 Å². The normalized spacial score (nSPS) is 14.7. The van der Waals surface area contributed by atoms with E-state index in [9.17, 15) is 9.59 Å². The molecule has 37 heavy (non-hydrogen) atoms. The van der Waals surface area contributed by atoms with E-state index in [0.29, 0.717) is 18.0 Å². The van der Waals surface area contributed by atoms with Crippen LogP contribution in [0, 0.1) is 13.8 Å². The number of carbonyl (C=O) groups is 2. The largest absolute Gasteiger partial charge is 0.352 e. The second-order valence-electron chi connectivity index (χ2n) is 10.3. The fourth-order valence-electron chi connectivity index (χ4n) is 5.19. The molecule has 2 amide bonds. The molecule has 0 saturated heterocycles. The maximum Gasteiger partial charge on any atom is 0.243 e. The zero-order valence-electron chi connectivity index (χ0n) is 21.9. The SMILES string of the molecule is Cc1ccc(C)c(CC(=O)N(Cc2cccc(Cl)c2)C(Cc2ccccc2)C(=O)NC2CCCCC2)c1. The average molecular weight is 517 g/mol. The fourth-order valence-corrected chi connectivity index (χ4v) is 5.40. The number of hydrogen-bond acceptors (Lipinski definition) is 2. The van der Waals surface area contributed by atoms with Crippen LogP contribution in [0.1, 0.15) is 59.9 Å². The van der Waals surface area contributed by atoms with Gasteiger partial charge in [-0.15, -0.1) is 0 Å². The van der Waals surface area contributed by atoms with E-state index in [4.69, 9.17) is 11.6 Å². The van der Waals surface area contributed by atoms with E-state index in [2.05, 4.69) is 23.5 Å². The predicted molar refractivity (Wildman–Crippen MR) is 151 cm³/mol. The number of aryl methyl sites for hydroxylation is 2. The summed E-state index contributed by atoms with van der Waals surface area (Å²) < 4.78 is 0. The highest BCUT2D eigenvalue weighted by atomic mass is 35.5. The van der Waals surface area contributed by atoms with Gasteiger partial charge in [0.2, 0.25) is 11.8 Å². The quantitative estimate of drug-likeness (QED) is 0.349. The maximum absolute atomic E-state index is 14.0. The van der Waals surface area contributed by atoms with Crippen molar-refractivity contribution >= 4 is 23.4 Å². The van der Waals surface area contributed by atoms with Crippen molar-refractivity contribution in [2.75, 3.05) is 0 Å². The van der Waals surface area contributed by atoms with Crippen molar-refractivity contribution in [2.24, 2.45) is 0 Å². The summed E-state index contributed by atoms with van der Waals surface area (Å²) in [7, 11) is 0. The summed E-state index contributed by atoms with van der Waals surface area (Å²) in [6, 6.07) is 23.2. The third-order valence-corrected chi connectivity index (χ3v) is 7.55. The van der Waals surface area contributed by atoms with Gasteiger partial charge in [-0.1, -0.05) is 97.1 Å². The van der Waals surface area contributed by atoms with E-state index in [0.717, 1.165) is 53.5 Å². The lowest BCUT2D eigenvalue weighted by Gasteiger charge is -2.33. The Hall–Kier alpha value is -3.11. The molecule has 1 N–H and O–H groups in total. The minimum atomic E-state index is -0.624. The van der Waals surface area contributed by atoms with Crippen molar-refractivity contribution in [1.82, 2.24) is 10.2 Å². The van der Waals surface area contributed by atoms with E-state index >= 15 is 0 Å². The number of halogens is 1. The zero-order chi connectivity index (χ0) is 26.2. The number of rotatable bonds is 9. The molecule has 5 heteroatoms. The predicted octanol–water partition coefficient (Wildman–Crippen LogP) is 6.59. The molecule has 1 saturated carbocycles. The van der Waals surface area contributed by atoms with Crippen molar-refractivity contribution in [2.45, 2.75) is 77.4 Å². The summed E-state index contributed by atoms with van der Waals surface area (Å²) in [6.07, 6.45) is 6.17. The number of nitrogens with one attached hydrogen (secondary N) is 1. The first kappa shape index (κ1) is 26.9. The van der Waals surface area contributed by atoms with E-state index in [1.165, 1.54) is 6.42 Å². The highest BCUT2D eigenvalue weighted by Gasteiger charge is 2.32. The summed E-state index contributed by atoms with van der Waals surface area (Å²) in [5.41, 5.74) is 5.12. The number of benzene rings is 3. The van der Waals surface area contributed by atoms with Crippen molar-refractivity contribution in [3.05, 3.63) is 106 Å². The Labute approximate surface area is 226 Å². The Kier molecular flexibility index (Phi) is 9.40. The van der Waals surface area contributed by atoms with Gasteiger partial charge < -0.3 is 10.2 Å². The van der Waals surface area contributed by atoms with E-state index < -0.39 is 6.04 Å². The lowest BCUT2D eigenvalue weighted by Crippen LogP contribution is -2.53. The summed E-state index contributed by atoms with van der Waals surface area (Å²) in [4.78, 5) is 29.6. The Morgan fingerprint density at radius 3 is 2.38 bits per heavy atom.